The number of carbonyl (C=O) groups excluding carboxylic acids is 1. The van der Waals surface area contributed by atoms with Gasteiger partial charge in [0.15, 0.2) is 0 Å². The van der Waals surface area contributed by atoms with Crippen molar-refractivity contribution in [3.8, 4) is 0 Å². The molecular formula is C8H8NO3S. The van der Waals surface area contributed by atoms with Crippen molar-refractivity contribution in [2.24, 2.45) is 0 Å². The van der Waals surface area contributed by atoms with Gasteiger partial charge in [0.25, 0.3) is 0 Å². The molecule has 1 aromatic rings. The van der Waals surface area contributed by atoms with Gasteiger partial charge in [0.1, 0.15) is 12.0 Å². The number of benzene rings is 1. The van der Waals surface area contributed by atoms with Crippen molar-refractivity contribution >= 4 is 22.0 Å². The van der Waals surface area contributed by atoms with Crippen LogP contribution in [0.5, 0.6) is 0 Å². The fourth-order valence-corrected chi connectivity index (χ4v) is 1.52. The normalized spacial score (nSPS) is 10.8. The van der Waals surface area contributed by atoms with Crippen LogP contribution in [-0.2, 0) is 14.8 Å². The molecule has 0 atom stereocenters. The molecule has 0 spiro atoms. The van der Waals surface area contributed by atoms with E-state index >= 15 is 0 Å². The fourth-order valence-electron chi connectivity index (χ4n) is 0.766. The second-order valence-electron chi connectivity index (χ2n) is 2.34. The van der Waals surface area contributed by atoms with Gasteiger partial charge in [-0.25, -0.2) is 8.42 Å². The highest BCUT2D eigenvalue weighted by atomic mass is 32.2. The van der Waals surface area contributed by atoms with Gasteiger partial charge in [0.2, 0.25) is 10.0 Å². The van der Waals surface area contributed by atoms with Crippen molar-refractivity contribution in [2.45, 2.75) is 0 Å². The topological polar surface area (TPSA) is 63.2 Å². The second-order valence-corrected chi connectivity index (χ2v) is 4.11. The minimum absolute atomic E-state index is 0.345. The Hall–Kier alpha value is -1.36. The maximum absolute atomic E-state index is 11.0. The Morgan fingerprint density at radius 3 is 2.54 bits per heavy atom. The lowest BCUT2D eigenvalue weighted by Gasteiger charge is -2.03. The lowest BCUT2D eigenvalue weighted by atomic mass is 10.3. The quantitative estimate of drug-likeness (QED) is 0.713. The van der Waals surface area contributed by atoms with E-state index in [1.54, 1.807) is 24.3 Å². The predicted molar refractivity (Wildman–Crippen MR) is 48.8 cm³/mol. The average Bonchev–Trinajstić information content (AvgIpc) is 2.04. The van der Waals surface area contributed by atoms with E-state index in [0.717, 1.165) is 0 Å². The number of rotatable bonds is 4. The second kappa shape index (κ2) is 4.04. The number of anilines is 1. The van der Waals surface area contributed by atoms with Gasteiger partial charge in [-0.15, -0.1) is 0 Å². The van der Waals surface area contributed by atoms with Gasteiger partial charge in [-0.05, 0) is 18.2 Å². The van der Waals surface area contributed by atoms with Gasteiger partial charge in [0, 0.05) is 5.69 Å². The molecule has 1 aromatic carbocycles. The first-order valence-electron chi connectivity index (χ1n) is 3.54. The van der Waals surface area contributed by atoms with Crippen molar-refractivity contribution in [3.05, 3.63) is 30.3 Å². The molecule has 0 heterocycles. The molecule has 13 heavy (non-hydrogen) atoms. The molecular weight excluding hydrogens is 190 g/mol. The van der Waals surface area contributed by atoms with Crippen LogP contribution in [0.2, 0.25) is 0 Å². The largest absolute Gasteiger partial charge is 0.302 e. The van der Waals surface area contributed by atoms with E-state index in [9.17, 15) is 13.2 Å². The maximum atomic E-state index is 11.0. The number of aldehydes is 1. The summed E-state index contributed by atoms with van der Waals surface area (Å²) in [7, 11) is -3.52. The monoisotopic (exact) mass is 198 g/mol. The van der Waals surface area contributed by atoms with Crippen LogP contribution in [0.1, 0.15) is 0 Å². The van der Waals surface area contributed by atoms with Gasteiger partial charge in [-0.1, -0.05) is 12.1 Å². The van der Waals surface area contributed by atoms with Gasteiger partial charge in [0.05, 0.1) is 0 Å². The van der Waals surface area contributed by atoms with E-state index in [2.05, 4.69) is 10.8 Å². The van der Waals surface area contributed by atoms with Gasteiger partial charge >= 0.3 is 0 Å². The summed E-state index contributed by atoms with van der Waals surface area (Å²) < 4.78 is 24.3. The van der Waals surface area contributed by atoms with E-state index < -0.39 is 15.8 Å². The Morgan fingerprint density at radius 1 is 1.38 bits per heavy atom. The number of hydrogen-bond acceptors (Lipinski definition) is 3. The van der Waals surface area contributed by atoms with Crippen LogP contribution < -0.4 is 4.72 Å². The summed E-state index contributed by atoms with van der Waals surface area (Å²) in [5, 5.41) is 0. The van der Waals surface area contributed by atoms with E-state index in [1.807, 2.05) is 0 Å². The van der Waals surface area contributed by atoms with Gasteiger partial charge in [-0.2, -0.15) is 0 Å². The standard InChI is InChI=1S/C8H8NO3S/c10-6-7-13(11,12)9-8-4-2-1-3-5-8/h2-6,9H,7H2. The van der Waals surface area contributed by atoms with Gasteiger partial charge < -0.3 is 4.79 Å². The molecule has 0 saturated carbocycles. The van der Waals surface area contributed by atoms with Crippen LogP contribution in [0.15, 0.2) is 24.3 Å². The number of hydrogen-bond donors (Lipinski definition) is 1. The van der Waals surface area contributed by atoms with Crippen LogP contribution in [-0.4, -0.2) is 20.5 Å². The minimum atomic E-state index is -3.52. The Bertz CT molecular complexity index is 372. The number of carbonyl (C=O) groups is 1. The molecule has 5 heteroatoms. The van der Waals surface area contributed by atoms with Crippen LogP contribution in [0, 0.1) is 6.07 Å². The SMILES string of the molecule is O=CCS(=O)(=O)Nc1cc[c]cc1. The molecule has 4 nitrogen and oxygen atoms in total. The highest BCUT2D eigenvalue weighted by Crippen LogP contribution is 2.06. The molecule has 1 radical (unpaired) electrons. The van der Waals surface area contributed by atoms with Crippen molar-refractivity contribution in [1.82, 2.24) is 0 Å². The first-order valence-corrected chi connectivity index (χ1v) is 5.19. The molecule has 1 N–H and O–H groups in total. The Kier molecular flexibility index (Phi) is 3.02. The summed E-state index contributed by atoms with van der Waals surface area (Å²) in [4.78, 5) is 9.99. The molecule has 0 fully saturated rings. The molecule has 0 bridgehead atoms. The molecule has 0 aliphatic carbocycles. The molecule has 0 amide bonds. The zero-order valence-electron chi connectivity index (χ0n) is 6.73. The maximum Gasteiger partial charge on any atom is 0.239 e. The van der Waals surface area contributed by atoms with Crippen LogP contribution in [0.4, 0.5) is 5.69 Å². The third-order valence-electron chi connectivity index (χ3n) is 1.28. The van der Waals surface area contributed by atoms with Gasteiger partial charge in [-0.3, -0.25) is 4.72 Å². The predicted octanol–water partition coefficient (Wildman–Crippen LogP) is 0.427. The molecule has 0 aromatic heterocycles. The van der Waals surface area contributed by atoms with Crippen molar-refractivity contribution in [2.75, 3.05) is 10.5 Å². The van der Waals surface area contributed by atoms with Crippen LogP contribution in [0.25, 0.3) is 0 Å². The van der Waals surface area contributed by atoms with Crippen molar-refractivity contribution in [3.63, 3.8) is 0 Å². The van der Waals surface area contributed by atoms with Crippen LogP contribution in [0.3, 0.4) is 0 Å². The molecule has 0 aliphatic heterocycles. The molecule has 69 valence electrons. The van der Waals surface area contributed by atoms with E-state index in [4.69, 9.17) is 0 Å². The summed E-state index contributed by atoms with van der Waals surface area (Å²) in [6, 6.07) is 9.03. The van der Waals surface area contributed by atoms with Crippen molar-refractivity contribution < 1.29 is 13.2 Å². The fraction of sp³-hybridized carbons (Fsp3) is 0.125. The summed E-state index contributed by atoms with van der Waals surface area (Å²) in [6.45, 7) is 0. The van der Waals surface area contributed by atoms with E-state index in [1.165, 1.54) is 0 Å². The van der Waals surface area contributed by atoms with E-state index in [-0.39, 0.29) is 0 Å². The lowest BCUT2D eigenvalue weighted by Crippen LogP contribution is -2.17. The molecule has 0 aliphatic rings. The first-order chi connectivity index (χ1) is 6.14. The highest BCUT2D eigenvalue weighted by molar-refractivity contribution is 7.93. The van der Waals surface area contributed by atoms with E-state index in [0.29, 0.717) is 12.0 Å². The molecule has 0 saturated heterocycles. The Labute approximate surface area is 76.6 Å². The summed E-state index contributed by atoms with van der Waals surface area (Å²) in [5.41, 5.74) is 0.431. The third kappa shape index (κ3) is 3.25. The minimum Gasteiger partial charge on any atom is -0.302 e. The number of nitrogens with one attached hydrogen (secondary N) is 1. The van der Waals surface area contributed by atoms with Crippen LogP contribution >= 0.6 is 0 Å². The highest BCUT2D eigenvalue weighted by Gasteiger charge is 2.07. The average molecular weight is 198 g/mol. The summed E-state index contributed by atoms with van der Waals surface area (Å²) in [6.07, 6.45) is 0.345. The summed E-state index contributed by atoms with van der Waals surface area (Å²) >= 11 is 0. The van der Waals surface area contributed by atoms with Crippen molar-refractivity contribution in [1.29, 1.82) is 0 Å². The zero-order chi connectivity index (χ0) is 9.73. The zero-order valence-corrected chi connectivity index (χ0v) is 7.54. The Balaban J connectivity index is 2.75. The summed E-state index contributed by atoms with van der Waals surface area (Å²) in [5.74, 6) is -0.522. The molecule has 0 unspecified atom stereocenters. The Morgan fingerprint density at radius 2 is 2.00 bits per heavy atom. The molecule has 1 rings (SSSR count). The first kappa shape index (κ1) is 9.73. The smallest absolute Gasteiger partial charge is 0.239 e. The third-order valence-corrected chi connectivity index (χ3v) is 2.40. The lowest BCUT2D eigenvalue weighted by molar-refractivity contribution is -0.105. The number of sulfonamides is 1.